The molecule has 0 aliphatic heterocycles. The van der Waals surface area contributed by atoms with Crippen LogP contribution in [0.5, 0.6) is 0 Å². The lowest BCUT2D eigenvalue weighted by molar-refractivity contribution is 0.714. The molecule has 0 aromatic heterocycles. The van der Waals surface area contributed by atoms with E-state index in [0.29, 0.717) is 0 Å². The number of nitrogens with zero attached hydrogens (tertiary/aromatic N) is 1. The summed E-state index contributed by atoms with van der Waals surface area (Å²) in [6, 6.07) is 88.8. The number of para-hydroxylation sites is 3. The van der Waals surface area contributed by atoms with Crippen LogP contribution in [0.1, 0.15) is 23.6 Å². The normalized spacial score (nSPS) is 14.0. The minimum atomic E-state index is -0.310. The van der Waals surface area contributed by atoms with Gasteiger partial charge in [-0.1, -0.05) is 218 Å². The second-order valence-electron chi connectivity index (χ2n) is 16.1. The van der Waals surface area contributed by atoms with Gasteiger partial charge in [-0.05, 0) is 97.6 Å². The van der Waals surface area contributed by atoms with E-state index in [9.17, 15) is 0 Å². The summed E-state index contributed by atoms with van der Waals surface area (Å²) in [7, 11) is 0. The summed E-state index contributed by atoms with van der Waals surface area (Å²) in [5.41, 5.74) is 19.1. The molecule has 0 heterocycles. The molecule has 10 aromatic carbocycles. The van der Waals surface area contributed by atoms with E-state index in [-0.39, 0.29) is 5.41 Å². The smallest absolute Gasteiger partial charge is 0.0540 e. The van der Waals surface area contributed by atoms with Gasteiger partial charge in [-0.3, -0.25) is 0 Å². The number of hydrogen-bond donors (Lipinski definition) is 0. The Kier molecular flexibility index (Phi) is 9.02. The van der Waals surface area contributed by atoms with Gasteiger partial charge in [0.25, 0.3) is 0 Å². The summed E-state index contributed by atoms with van der Waals surface area (Å²) in [5.74, 6) is 0. The standard InChI is InChI=1S/C60H43N/c1-60(46-27-9-4-10-28-46)54-35-15-11-31-50(54)51-40-39-45(41-55(51)60)48-30-13-17-37-57(48)61(56-36-16-12-29-47(56)42-21-5-2-6-22-42)58-38-18-14-32-52(58)53-34-20-26-44-25-19-33-49(59(44)53)43-23-7-3-8-24-43/h2-41H,1H3. The fourth-order valence-corrected chi connectivity index (χ4v) is 9.89. The van der Waals surface area contributed by atoms with Crippen molar-refractivity contribution in [1.29, 1.82) is 0 Å². The molecule has 1 aliphatic carbocycles. The molecule has 1 aliphatic rings. The highest BCUT2D eigenvalue weighted by molar-refractivity contribution is 6.09. The highest BCUT2D eigenvalue weighted by atomic mass is 15.1. The van der Waals surface area contributed by atoms with Crippen molar-refractivity contribution in [3.8, 4) is 55.6 Å². The lowest BCUT2D eigenvalue weighted by Crippen LogP contribution is -2.22. The van der Waals surface area contributed by atoms with Crippen molar-refractivity contribution < 1.29 is 0 Å². The number of rotatable bonds is 8. The van der Waals surface area contributed by atoms with Gasteiger partial charge >= 0.3 is 0 Å². The monoisotopic (exact) mass is 777 g/mol. The van der Waals surface area contributed by atoms with Crippen molar-refractivity contribution in [3.63, 3.8) is 0 Å². The molecule has 0 spiro atoms. The van der Waals surface area contributed by atoms with Crippen LogP contribution in [-0.2, 0) is 5.41 Å². The van der Waals surface area contributed by atoms with Gasteiger partial charge in [0.2, 0.25) is 0 Å². The zero-order valence-corrected chi connectivity index (χ0v) is 34.0. The van der Waals surface area contributed by atoms with E-state index in [1.54, 1.807) is 0 Å². The van der Waals surface area contributed by atoms with Crippen LogP contribution in [0.3, 0.4) is 0 Å². The van der Waals surface area contributed by atoms with E-state index in [4.69, 9.17) is 0 Å². The Bertz CT molecular complexity index is 3200. The van der Waals surface area contributed by atoms with Crippen LogP contribution in [-0.4, -0.2) is 0 Å². The van der Waals surface area contributed by atoms with Gasteiger partial charge in [-0.25, -0.2) is 0 Å². The van der Waals surface area contributed by atoms with Gasteiger partial charge in [-0.15, -0.1) is 0 Å². The minimum absolute atomic E-state index is 0.310. The molecule has 0 saturated heterocycles. The molecule has 0 amide bonds. The Hall–Kier alpha value is -7.74. The lowest BCUT2D eigenvalue weighted by atomic mass is 9.74. The third-order valence-corrected chi connectivity index (χ3v) is 12.8. The van der Waals surface area contributed by atoms with Crippen molar-refractivity contribution in [2.75, 3.05) is 4.90 Å². The molecule has 1 unspecified atom stereocenters. The fraction of sp³-hybridized carbons (Fsp3) is 0.0333. The molecule has 1 heteroatoms. The first-order chi connectivity index (χ1) is 30.2. The van der Waals surface area contributed by atoms with E-state index >= 15 is 0 Å². The van der Waals surface area contributed by atoms with Crippen molar-refractivity contribution in [1.82, 2.24) is 0 Å². The van der Waals surface area contributed by atoms with Gasteiger partial charge in [-0.2, -0.15) is 0 Å². The topological polar surface area (TPSA) is 3.24 Å². The second-order valence-corrected chi connectivity index (χ2v) is 16.1. The van der Waals surface area contributed by atoms with Crippen molar-refractivity contribution in [3.05, 3.63) is 259 Å². The number of fused-ring (bicyclic) bond motifs is 4. The SMILES string of the molecule is CC1(c2ccccc2)c2ccccc2-c2ccc(-c3ccccc3N(c3ccccc3-c3ccccc3)c3ccccc3-c3cccc4cccc(-c5ccccc5)c34)cc21. The molecule has 0 fully saturated rings. The summed E-state index contributed by atoms with van der Waals surface area (Å²) in [5, 5.41) is 2.46. The van der Waals surface area contributed by atoms with E-state index in [1.807, 2.05) is 0 Å². The van der Waals surface area contributed by atoms with Crippen LogP contribution < -0.4 is 4.90 Å². The number of benzene rings is 10. The summed E-state index contributed by atoms with van der Waals surface area (Å²) < 4.78 is 0. The van der Waals surface area contributed by atoms with E-state index in [0.717, 1.165) is 33.8 Å². The van der Waals surface area contributed by atoms with Crippen LogP contribution in [0, 0.1) is 0 Å². The lowest BCUT2D eigenvalue weighted by Gasteiger charge is -2.32. The zero-order chi connectivity index (χ0) is 40.8. The Morgan fingerprint density at radius 1 is 0.295 bits per heavy atom. The summed E-state index contributed by atoms with van der Waals surface area (Å²) in [4.78, 5) is 2.51. The third-order valence-electron chi connectivity index (χ3n) is 12.8. The molecular weight excluding hydrogens is 735 g/mol. The molecule has 0 saturated carbocycles. The maximum absolute atomic E-state index is 2.51. The first kappa shape index (κ1) is 36.3. The molecule has 0 N–H and O–H groups in total. The Balaban J connectivity index is 1.17. The second kappa shape index (κ2) is 15.1. The largest absolute Gasteiger partial charge is 0.309 e. The summed E-state index contributed by atoms with van der Waals surface area (Å²) in [6.45, 7) is 2.40. The van der Waals surface area contributed by atoms with Gasteiger partial charge in [0.1, 0.15) is 0 Å². The van der Waals surface area contributed by atoms with Crippen molar-refractivity contribution in [2.45, 2.75) is 12.3 Å². The van der Waals surface area contributed by atoms with Gasteiger partial charge in [0.15, 0.2) is 0 Å². The van der Waals surface area contributed by atoms with Gasteiger partial charge < -0.3 is 4.90 Å². The minimum Gasteiger partial charge on any atom is -0.309 e. The Labute approximate surface area is 358 Å². The molecule has 288 valence electrons. The predicted octanol–water partition coefficient (Wildman–Crippen LogP) is 16.3. The van der Waals surface area contributed by atoms with E-state index in [2.05, 4.69) is 254 Å². The quantitative estimate of drug-likeness (QED) is 0.149. The molecule has 61 heavy (non-hydrogen) atoms. The number of hydrogen-bond acceptors (Lipinski definition) is 1. The zero-order valence-electron chi connectivity index (χ0n) is 34.0. The molecule has 0 radical (unpaired) electrons. The molecule has 1 nitrogen and oxygen atoms in total. The average Bonchev–Trinajstić information content (AvgIpc) is 3.60. The van der Waals surface area contributed by atoms with Gasteiger partial charge in [0, 0.05) is 22.1 Å². The molecule has 10 aromatic rings. The predicted molar refractivity (Wildman–Crippen MR) is 258 cm³/mol. The van der Waals surface area contributed by atoms with Crippen LogP contribution in [0.4, 0.5) is 17.1 Å². The average molecular weight is 778 g/mol. The van der Waals surface area contributed by atoms with Crippen LogP contribution in [0.15, 0.2) is 243 Å². The Morgan fingerprint density at radius 3 is 1.38 bits per heavy atom. The Morgan fingerprint density at radius 2 is 0.738 bits per heavy atom. The van der Waals surface area contributed by atoms with E-state index < -0.39 is 0 Å². The molecule has 0 bridgehead atoms. The van der Waals surface area contributed by atoms with E-state index in [1.165, 1.54) is 66.4 Å². The third kappa shape index (κ3) is 6.09. The van der Waals surface area contributed by atoms with Crippen molar-refractivity contribution in [2.24, 2.45) is 0 Å². The first-order valence-corrected chi connectivity index (χ1v) is 21.2. The molecule has 11 rings (SSSR count). The maximum atomic E-state index is 2.51. The molecular formula is C60H43N. The first-order valence-electron chi connectivity index (χ1n) is 21.2. The van der Waals surface area contributed by atoms with Gasteiger partial charge in [0.05, 0.1) is 17.1 Å². The summed E-state index contributed by atoms with van der Waals surface area (Å²) >= 11 is 0. The fourth-order valence-electron chi connectivity index (χ4n) is 9.89. The summed E-state index contributed by atoms with van der Waals surface area (Å²) in [6.07, 6.45) is 0. The van der Waals surface area contributed by atoms with Crippen LogP contribution >= 0.6 is 0 Å². The van der Waals surface area contributed by atoms with Crippen LogP contribution in [0.25, 0.3) is 66.4 Å². The number of anilines is 3. The maximum Gasteiger partial charge on any atom is 0.0540 e. The highest BCUT2D eigenvalue weighted by Crippen LogP contribution is 2.54. The molecule has 1 atom stereocenters. The van der Waals surface area contributed by atoms with Crippen LogP contribution in [0.2, 0.25) is 0 Å². The highest BCUT2D eigenvalue weighted by Gasteiger charge is 2.41. The van der Waals surface area contributed by atoms with Crippen molar-refractivity contribution >= 4 is 27.8 Å².